The van der Waals surface area contributed by atoms with Gasteiger partial charge < -0.3 is 5.32 Å². The van der Waals surface area contributed by atoms with Gasteiger partial charge in [0.05, 0.1) is 0 Å². The Balaban J connectivity index is 1.44. The first-order chi connectivity index (χ1) is 9.37. The fourth-order valence-corrected chi connectivity index (χ4v) is 5.05. The van der Waals surface area contributed by atoms with E-state index in [4.69, 9.17) is 0 Å². The second kappa shape index (κ2) is 4.89. The van der Waals surface area contributed by atoms with Crippen LogP contribution in [0.15, 0.2) is 17.5 Å². The van der Waals surface area contributed by atoms with E-state index < -0.39 is 0 Å². The molecule has 0 bridgehead atoms. The Kier molecular flexibility index (Phi) is 3.19. The molecule has 104 valence electrons. The van der Waals surface area contributed by atoms with E-state index >= 15 is 0 Å². The number of rotatable bonds is 6. The summed E-state index contributed by atoms with van der Waals surface area (Å²) in [6.07, 6.45) is 11.8. The van der Waals surface area contributed by atoms with E-state index in [2.05, 4.69) is 22.8 Å². The molecule has 1 atom stereocenters. The molecule has 1 N–H and O–H groups in total. The molecule has 0 spiro atoms. The number of hydrogen-bond donors (Lipinski definition) is 1. The third-order valence-corrected chi connectivity index (χ3v) is 6.69. The zero-order valence-electron chi connectivity index (χ0n) is 11.7. The molecule has 1 heterocycles. The van der Waals surface area contributed by atoms with Gasteiger partial charge in [-0.1, -0.05) is 18.9 Å². The highest BCUT2D eigenvalue weighted by Crippen LogP contribution is 2.61. The van der Waals surface area contributed by atoms with Gasteiger partial charge in [0.2, 0.25) is 0 Å². The van der Waals surface area contributed by atoms with Crippen LogP contribution >= 0.6 is 11.3 Å². The molecule has 0 saturated heterocycles. The van der Waals surface area contributed by atoms with E-state index in [9.17, 15) is 0 Å². The van der Waals surface area contributed by atoms with Gasteiger partial charge in [-0.25, -0.2) is 0 Å². The predicted octanol–water partition coefficient (Wildman–Crippen LogP) is 4.76. The molecule has 3 aliphatic rings. The van der Waals surface area contributed by atoms with Gasteiger partial charge in [-0.05, 0) is 67.2 Å². The summed E-state index contributed by atoms with van der Waals surface area (Å²) in [5, 5.41) is 6.24. The Labute approximate surface area is 120 Å². The lowest BCUT2D eigenvalue weighted by Crippen LogP contribution is -2.32. The molecule has 3 saturated carbocycles. The second-order valence-corrected chi connectivity index (χ2v) is 8.03. The Morgan fingerprint density at radius 3 is 2.58 bits per heavy atom. The first-order valence-corrected chi connectivity index (χ1v) is 9.02. The van der Waals surface area contributed by atoms with Crippen molar-refractivity contribution in [2.75, 3.05) is 6.54 Å². The molecule has 4 rings (SSSR count). The van der Waals surface area contributed by atoms with Crippen molar-refractivity contribution in [3.05, 3.63) is 22.4 Å². The smallest absolute Gasteiger partial charge is 0.0443 e. The van der Waals surface area contributed by atoms with Crippen LogP contribution in [0.5, 0.6) is 0 Å². The average molecular weight is 275 g/mol. The van der Waals surface area contributed by atoms with Crippen molar-refractivity contribution in [1.82, 2.24) is 5.32 Å². The van der Waals surface area contributed by atoms with Gasteiger partial charge in [0.25, 0.3) is 0 Å². The first kappa shape index (κ1) is 12.4. The van der Waals surface area contributed by atoms with Crippen molar-refractivity contribution in [1.29, 1.82) is 0 Å². The van der Waals surface area contributed by atoms with Gasteiger partial charge in [0.15, 0.2) is 0 Å². The predicted molar refractivity (Wildman–Crippen MR) is 81.4 cm³/mol. The number of nitrogens with one attached hydrogen (secondary N) is 1. The molecule has 0 radical (unpaired) electrons. The van der Waals surface area contributed by atoms with Crippen molar-refractivity contribution < 1.29 is 0 Å². The molecule has 3 aliphatic carbocycles. The van der Waals surface area contributed by atoms with Gasteiger partial charge in [-0.15, -0.1) is 11.3 Å². The molecule has 1 aromatic rings. The minimum absolute atomic E-state index is 0.652. The van der Waals surface area contributed by atoms with Crippen molar-refractivity contribution >= 4 is 11.3 Å². The summed E-state index contributed by atoms with van der Waals surface area (Å²) in [4.78, 5) is 1.58. The molecule has 0 aliphatic heterocycles. The zero-order chi connectivity index (χ0) is 12.7. The maximum atomic E-state index is 4.00. The quantitative estimate of drug-likeness (QED) is 0.789. The maximum absolute atomic E-state index is 4.00. The van der Waals surface area contributed by atoms with E-state index in [1.807, 2.05) is 11.3 Å². The highest BCUT2D eigenvalue weighted by atomic mass is 32.1. The van der Waals surface area contributed by atoms with Crippen LogP contribution in [0.1, 0.15) is 62.3 Å². The minimum Gasteiger partial charge on any atom is -0.308 e. The summed E-state index contributed by atoms with van der Waals surface area (Å²) in [5.41, 5.74) is 0.730. The second-order valence-electron chi connectivity index (χ2n) is 7.06. The molecule has 2 heteroatoms. The average Bonchev–Trinajstić information content (AvgIpc) is 3.30. The summed E-state index contributed by atoms with van der Waals surface area (Å²) < 4.78 is 0. The maximum Gasteiger partial charge on any atom is 0.0443 e. The van der Waals surface area contributed by atoms with Crippen molar-refractivity contribution in [3.8, 4) is 0 Å². The zero-order valence-corrected chi connectivity index (χ0v) is 12.6. The van der Waals surface area contributed by atoms with E-state index in [1.54, 1.807) is 4.88 Å². The lowest BCUT2D eigenvalue weighted by molar-refractivity contribution is 0.316. The van der Waals surface area contributed by atoms with Crippen LogP contribution < -0.4 is 5.32 Å². The van der Waals surface area contributed by atoms with Gasteiger partial charge in [-0.3, -0.25) is 0 Å². The largest absolute Gasteiger partial charge is 0.308 e. The van der Waals surface area contributed by atoms with Gasteiger partial charge in [0, 0.05) is 17.5 Å². The van der Waals surface area contributed by atoms with Crippen molar-refractivity contribution in [2.24, 2.45) is 17.3 Å². The van der Waals surface area contributed by atoms with E-state index in [0.29, 0.717) is 6.04 Å². The Hall–Kier alpha value is -0.340. The first-order valence-electron chi connectivity index (χ1n) is 8.14. The highest BCUT2D eigenvalue weighted by molar-refractivity contribution is 7.10. The number of hydrogen-bond acceptors (Lipinski definition) is 2. The SMILES string of the molecule is c1csc(C(NCC2(C3CC3)CC2)C2CCCC2)c1. The van der Waals surface area contributed by atoms with E-state index in [0.717, 1.165) is 17.3 Å². The van der Waals surface area contributed by atoms with Gasteiger partial charge in [-0.2, -0.15) is 0 Å². The van der Waals surface area contributed by atoms with Crippen LogP contribution in [0.4, 0.5) is 0 Å². The third-order valence-electron chi connectivity index (χ3n) is 5.73. The summed E-state index contributed by atoms with van der Waals surface area (Å²) in [5.74, 6) is 1.97. The monoisotopic (exact) mass is 275 g/mol. The standard InChI is InChI=1S/C17H25NS/c1-2-5-13(4-1)16(15-6-3-11-19-15)18-12-17(9-10-17)14-7-8-14/h3,6,11,13-14,16,18H,1-2,4-5,7-10,12H2. The summed E-state index contributed by atoms with van der Waals surface area (Å²) >= 11 is 1.95. The molecule has 0 amide bonds. The summed E-state index contributed by atoms with van der Waals surface area (Å²) in [6.45, 7) is 1.29. The molecule has 0 aromatic carbocycles. The normalized spacial score (nSPS) is 27.6. The Bertz CT molecular complexity index is 410. The van der Waals surface area contributed by atoms with Crippen LogP contribution in [-0.4, -0.2) is 6.54 Å². The Morgan fingerprint density at radius 1 is 1.21 bits per heavy atom. The molecular formula is C17H25NS. The van der Waals surface area contributed by atoms with Crippen LogP contribution in [0.3, 0.4) is 0 Å². The van der Waals surface area contributed by atoms with Crippen LogP contribution in [0.2, 0.25) is 0 Å². The van der Waals surface area contributed by atoms with Crippen LogP contribution in [-0.2, 0) is 0 Å². The van der Waals surface area contributed by atoms with E-state index in [-0.39, 0.29) is 0 Å². The summed E-state index contributed by atoms with van der Waals surface area (Å²) in [6, 6.07) is 5.22. The van der Waals surface area contributed by atoms with Crippen molar-refractivity contribution in [2.45, 2.75) is 57.4 Å². The van der Waals surface area contributed by atoms with Crippen molar-refractivity contribution in [3.63, 3.8) is 0 Å². The van der Waals surface area contributed by atoms with Gasteiger partial charge in [0.1, 0.15) is 0 Å². The fourth-order valence-electron chi connectivity index (χ4n) is 4.16. The number of thiophene rings is 1. The lowest BCUT2D eigenvalue weighted by Gasteiger charge is -2.26. The highest BCUT2D eigenvalue weighted by Gasteiger charge is 2.53. The van der Waals surface area contributed by atoms with Crippen LogP contribution in [0, 0.1) is 17.3 Å². The molecule has 1 nitrogen and oxygen atoms in total. The minimum atomic E-state index is 0.652. The molecule has 1 aromatic heterocycles. The molecule has 1 unspecified atom stereocenters. The van der Waals surface area contributed by atoms with Gasteiger partial charge >= 0.3 is 0 Å². The molecular weight excluding hydrogens is 250 g/mol. The van der Waals surface area contributed by atoms with E-state index in [1.165, 1.54) is 57.9 Å². The fraction of sp³-hybridized carbons (Fsp3) is 0.765. The summed E-state index contributed by atoms with van der Waals surface area (Å²) in [7, 11) is 0. The molecule has 3 fully saturated rings. The molecule has 19 heavy (non-hydrogen) atoms. The Morgan fingerprint density at radius 2 is 2.00 bits per heavy atom. The lowest BCUT2D eigenvalue weighted by atomic mass is 9.94. The van der Waals surface area contributed by atoms with Crippen LogP contribution in [0.25, 0.3) is 0 Å². The topological polar surface area (TPSA) is 12.0 Å². The third kappa shape index (κ3) is 2.50.